The summed E-state index contributed by atoms with van der Waals surface area (Å²) in [6.07, 6.45) is 6.15. The third kappa shape index (κ3) is 3.38. The number of nitrogens with two attached hydrogens (primary N) is 1. The summed E-state index contributed by atoms with van der Waals surface area (Å²) >= 11 is 0. The molecule has 0 aromatic heterocycles. The molecule has 2 aliphatic rings. The van der Waals surface area contributed by atoms with Crippen molar-refractivity contribution in [3.63, 3.8) is 0 Å². The Kier molecular flexibility index (Phi) is 4.44. The van der Waals surface area contributed by atoms with E-state index < -0.39 is 0 Å². The minimum Gasteiger partial charge on any atom is -0.398 e. The number of benzene rings is 1. The van der Waals surface area contributed by atoms with Gasteiger partial charge in [-0.25, -0.2) is 0 Å². The Hall–Kier alpha value is -1.55. The lowest BCUT2D eigenvalue weighted by Gasteiger charge is -2.27. The Labute approximate surface area is 126 Å². The predicted octanol–water partition coefficient (Wildman–Crippen LogP) is 2.49. The third-order valence-electron chi connectivity index (χ3n) is 4.63. The van der Waals surface area contributed by atoms with Crippen molar-refractivity contribution in [3.05, 3.63) is 29.3 Å². The minimum absolute atomic E-state index is 0.128. The Morgan fingerprint density at radius 1 is 1.00 bits per heavy atom. The Balaban J connectivity index is 1.68. The average molecular weight is 287 g/mol. The van der Waals surface area contributed by atoms with Crippen molar-refractivity contribution in [2.24, 2.45) is 0 Å². The fraction of sp³-hybridized carbons (Fsp3) is 0.588. The molecule has 0 saturated carbocycles. The largest absolute Gasteiger partial charge is 0.398 e. The van der Waals surface area contributed by atoms with E-state index in [2.05, 4.69) is 4.90 Å². The van der Waals surface area contributed by atoms with Gasteiger partial charge in [0.05, 0.1) is 0 Å². The van der Waals surface area contributed by atoms with Gasteiger partial charge in [-0.05, 0) is 56.5 Å². The van der Waals surface area contributed by atoms with Crippen LogP contribution in [0.4, 0.5) is 5.69 Å². The number of carbonyl (C=O) groups is 1. The van der Waals surface area contributed by atoms with Crippen LogP contribution in [0.15, 0.2) is 18.2 Å². The highest BCUT2D eigenvalue weighted by atomic mass is 16.2. The Bertz CT molecular complexity index is 503. The van der Waals surface area contributed by atoms with Crippen LogP contribution in [0.1, 0.15) is 48.0 Å². The second-order valence-electron chi connectivity index (χ2n) is 6.25. The van der Waals surface area contributed by atoms with Gasteiger partial charge in [-0.15, -0.1) is 0 Å². The van der Waals surface area contributed by atoms with Crippen molar-refractivity contribution in [1.82, 2.24) is 9.80 Å². The second-order valence-corrected chi connectivity index (χ2v) is 6.25. The van der Waals surface area contributed by atoms with Crippen LogP contribution in [0.2, 0.25) is 0 Å². The Morgan fingerprint density at radius 2 is 1.67 bits per heavy atom. The molecule has 21 heavy (non-hydrogen) atoms. The van der Waals surface area contributed by atoms with E-state index in [9.17, 15) is 4.79 Å². The van der Waals surface area contributed by atoms with Crippen molar-refractivity contribution < 1.29 is 4.79 Å². The smallest absolute Gasteiger partial charge is 0.253 e. The number of anilines is 1. The molecule has 1 aromatic rings. The number of hydrogen-bond donors (Lipinski definition) is 1. The molecule has 1 aromatic carbocycles. The molecule has 114 valence electrons. The van der Waals surface area contributed by atoms with Gasteiger partial charge in [-0.2, -0.15) is 0 Å². The molecule has 0 spiro atoms. The highest BCUT2D eigenvalue weighted by molar-refractivity contribution is 5.95. The van der Waals surface area contributed by atoms with Crippen molar-refractivity contribution in [3.8, 4) is 0 Å². The molecule has 2 N–H and O–H groups in total. The number of nitrogen functional groups attached to an aromatic ring is 1. The van der Waals surface area contributed by atoms with E-state index in [0.717, 1.165) is 62.4 Å². The average Bonchev–Trinajstić information content (AvgIpc) is 3.04. The molecular weight excluding hydrogens is 262 g/mol. The molecule has 2 fully saturated rings. The van der Waals surface area contributed by atoms with Gasteiger partial charge in [-0.1, -0.05) is 12.5 Å². The molecule has 0 aliphatic carbocycles. The normalized spacial score (nSPS) is 19.9. The maximum Gasteiger partial charge on any atom is 0.253 e. The highest BCUT2D eigenvalue weighted by Crippen LogP contribution is 2.21. The third-order valence-corrected chi connectivity index (χ3v) is 4.63. The molecule has 2 saturated heterocycles. The lowest BCUT2D eigenvalue weighted by atomic mass is 10.1. The first-order valence-electron chi connectivity index (χ1n) is 8.14. The Morgan fingerprint density at radius 3 is 2.33 bits per heavy atom. The van der Waals surface area contributed by atoms with Crippen LogP contribution in [0, 0.1) is 0 Å². The zero-order valence-electron chi connectivity index (χ0n) is 12.7. The number of carbonyl (C=O) groups excluding carboxylic acids is 1. The first-order chi connectivity index (χ1) is 10.2. The summed E-state index contributed by atoms with van der Waals surface area (Å²) < 4.78 is 0. The van der Waals surface area contributed by atoms with Gasteiger partial charge in [0.25, 0.3) is 5.91 Å². The number of nitrogens with zero attached hydrogens (tertiary/aromatic N) is 2. The number of rotatable bonds is 3. The monoisotopic (exact) mass is 287 g/mol. The van der Waals surface area contributed by atoms with Crippen molar-refractivity contribution in [1.29, 1.82) is 0 Å². The van der Waals surface area contributed by atoms with Crippen LogP contribution >= 0.6 is 0 Å². The lowest BCUT2D eigenvalue weighted by Crippen LogP contribution is -2.30. The van der Waals surface area contributed by atoms with Gasteiger partial charge in [0.15, 0.2) is 0 Å². The molecule has 2 heterocycles. The maximum atomic E-state index is 12.4. The summed E-state index contributed by atoms with van der Waals surface area (Å²) in [5.74, 6) is 0.128. The van der Waals surface area contributed by atoms with E-state index in [-0.39, 0.29) is 5.91 Å². The van der Waals surface area contributed by atoms with Gasteiger partial charge in [0, 0.05) is 30.9 Å². The highest BCUT2D eigenvalue weighted by Gasteiger charge is 2.20. The van der Waals surface area contributed by atoms with Crippen LogP contribution in [0.25, 0.3) is 0 Å². The first-order valence-corrected chi connectivity index (χ1v) is 8.14. The number of amides is 1. The van der Waals surface area contributed by atoms with Crippen molar-refractivity contribution in [2.75, 3.05) is 31.9 Å². The van der Waals surface area contributed by atoms with Crippen LogP contribution < -0.4 is 5.73 Å². The van der Waals surface area contributed by atoms with E-state index in [4.69, 9.17) is 5.73 Å². The second kappa shape index (κ2) is 6.48. The van der Waals surface area contributed by atoms with E-state index >= 15 is 0 Å². The molecule has 2 aliphatic heterocycles. The van der Waals surface area contributed by atoms with Gasteiger partial charge in [-0.3, -0.25) is 9.69 Å². The van der Waals surface area contributed by atoms with Crippen LogP contribution in [-0.2, 0) is 6.54 Å². The SMILES string of the molecule is Nc1cc(C(=O)N2CCCC2)ccc1CN1CCCCC1. The number of piperidine rings is 1. The fourth-order valence-electron chi connectivity index (χ4n) is 3.33. The fourth-order valence-corrected chi connectivity index (χ4v) is 3.33. The molecule has 0 atom stereocenters. The summed E-state index contributed by atoms with van der Waals surface area (Å²) in [5, 5.41) is 0. The minimum atomic E-state index is 0.128. The van der Waals surface area contributed by atoms with Crippen molar-refractivity contribution >= 4 is 11.6 Å². The molecule has 0 unspecified atom stereocenters. The standard InChI is InChI=1S/C17H25N3O/c18-16-12-14(17(21)20-10-4-5-11-20)6-7-15(16)13-19-8-2-1-3-9-19/h6-7,12H,1-5,8-11,13,18H2. The van der Waals surface area contributed by atoms with Gasteiger partial charge < -0.3 is 10.6 Å². The number of likely N-dealkylation sites (tertiary alicyclic amines) is 2. The molecular formula is C17H25N3O. The maximum absolute atomic E-state index is 12.4. The summed E-state index contributed by atoms with van der Waals surface area (Å²) in [4.78, 5) is 16.7. The van der Waals surface area contributed by atoms with Gasteiger partial charge in [0.2, 0.25) is 0 Å². The molecule has 4 heteroatoms. The van der Waals surface area contributed by atoms with Crippen molar-refractivity contribution in [2.45, 2.75) is 38.6 Å². The van der Waals surface area contributed by atoms with Gasteiger partial charge >= 0.3 is 0 Å². The number of hydrogen-bond acceptors (Lipinski definition) is 3. The summed E-state index contributed by atoms with van der Waals surface area (Å²) in [6, 6.07) is 5.84. The molecule has 0 radical (unpaired) electrons. The van der Waals surface area contributed by atoms with Crippen LogP contribution in [0.3, 0.4) is 0 Å². The lowest BCUT2D eigenvalue weighted by molar-refractivity contribution is 0.0793. The summed E-state index contributed by atoms with van der Waals surface area (Å²) in [7, 11) is 0. The predicted molar refractivity (Wildman–Crippen MR) is 85.1 cm³/mol. The summed E-state index contributed by atoms with van der Waals surface area (Å²) in [6.45, 7) is 4.99. The topological polar surface area (TPSA) is 49.6 Å². The van der Waals surface area contributed by atoms with E-state index in [1.165, 1.54) is 19.3 Å². The molecule has 0 bridgehead atoms. The molecule has 4 nitrogen and oxygen atoms in total. The first kappa shape index (κ1) is 14.4. The van der Waals surface area contributed by atoms with E-state index in [1.807, 2.05) is 23.1 Å². The molecule has 1 amide bonds. The zero-order valence-corrected chi connectivity index (χ0v) is 12.7. The quantitative estimate of drug-likeness (QED) is 0.869. The van der Waals surface area contributed by atoms with E-state index in [0.29, 0.717) is 0 Å². The summed E-state index contributed by atoms with van der Waals surface area (Å²) in [5.41, 5.74) is 8.81. The van der Waals surface area contributed by atoms with Crippen LogP contribution in [0.5, 0.6) is 0 Å². The van der Waals surface area contributed by atoms with Gasteiger partial charge in [0.1, 0.15) is 0 Å². The van der Waals surface area contributed by atoms with E-state index in [1.54, 1.807) is 0 Å². The molecule has 3 rings (SSSR count). The van der Waals surface area contributed by atoms with Crippen LogP contribution in [-0.4, -0.2) is 41.9 Å². The zero-order chi connectivity index (χ0) is 14.7.